The molecule has 2 aliphatic carbocycles. The number of carbonyl (C=O) groups excluding carboxylic acids is 1. The van der Waals surface area contributed by atoms with Crippen molar-refractivity contribution in [3.8, 4) is 0 Å². The monoisotopic (exact) mass is 404 g/mol. The topological polar surface area (TPSA) is 32.3 Å². The molecule has 0 fully saturated rings. The minimum atomic E-state index is -1.17. The third kappa shape index (κ3) is 4.36. The Labute approximate surface area is 177 Å². The molecule has 0 heterocycles. The Kier molecular flexibility index (Phi) is 5.44. The van der Waals surface area contributed by atoms with Crippen LogP contribution in [0, 0.1) is 0 Å². The van der Waals surface area contributed by atoms with Crippen LogP contribution in [0.15, 0.2) is 78.4 Å². The lowest BCUT2D eigenvalue weighted by molar-refractivity contribution is -0.116. The minimum Gasteiger partial charge on any atom is -0.324 e. The van der Waals surface area contributed by atoms with Gasteiger partial charge < -0.3 is 10.2 Å². The van der Waals surface area contributed by atoms with Crippen molar-refractivity contribution in [2.75, 3.05) is 26.0 Å². The number of hydrogen-bond acceptors (Lipinski definition) is 2. The van der Waals surface area contributed by atoms with E-state index in [1.54, 1.807) is 12.2 Å². The fraction of sp³-hybridized carbons (Fsp3) is 0.240. The molecule has 0 unspecified atom stereocenters. The zero-order valence-electron chi connectivity index (χ0n) is 16.7. The summed E-state index contributed by atoms with van der Waals surface area (Å²) in [6.07, 6.45) is 10.7. The number of anilines is 1. The number of nitrogens with one attached hydrogen (secondary N) is 1. The summed E-state index contributed by atoms with van der Waals surface area (Å²) < 4.78 is 0. The second kappa shape index (κ2) is 8.02. The number of carbonyl (C=O) groups is 1. The first-order valence-corrected chi connectivity index (χ1v) is 10.2. The molecule has 0 radical (unpaired) electrons. The average molecular weight is 405 g/mol. The van der Waals surface area contributed by atoms with Gasteiger partial charge >= 0.3 is 0 Å². The van der Waals surface area contributed by atoms with Crippen molar-refractivity contribution in [3.63, 3.8) is 0 Å². The van der Waals surface area contributed by atoms with Crippen LogP contribution < -0.4 is 5.32 Å². The number of allylic oxidation sites excluding steroid dienone is 2. The standard InChI is InChI=1S/C25H25ClN2O/c1-28(2)17-18-14-21-8-9-23(16-22(21)15-18)27-24(29)25(26)12-10-20(11-13-25)19-6-4-3-5-7-19/h3-14,16,20H,15,17H2,1-2H3,(H,27,29). The zero-order chi connectivity index (χ0) is 20.4. The molecule has 2 aromatic rings. The van der Waals surface area contributed by atoms with Gasteiger partial charge in [-0.05, 0) is 49.3 Å². The Morgan fingerprint density at radius 3 is 2.55 bits per heavy atom. The van der Waals surface area contributed by atoms with Gasteiger partial charge in [0.2, 0.25) is 0 Å². The molecular formula is C25H25ClN2O. The van der Waals surface area contributed by atoms with Crippen LogP contribution in [-0.4, -0.2) is 36.3 Å². The first-order chi connectivity index (χ1) is 13.9. The lowest BCUT2D eigenvalue weighted by Crippen LogP contribution is -2.35. The number of amides is 1. The lowest BCUT2D eigenvalue weighted by Gasteiger charge is -2.24. The van der Waals surface area contributed by atoms with E-state index in [1.165, 1.54) is 22.3 Å². The summed E-state index contributed by atoms with van der Waals surface area (Å²) in [5, 5.41) is 2.99. The molecular weight excluding hydrogens is 380 g/mol. The summed E-state index contributed by atoms with van der Waals surface area (Å²) in [4.78, 5) is 13.9. The van der Waals surface area contributed by atoms with E-state index in [9.17, 15) is 4.79 Å². The van der Waals surface area contributed by atoms with Crippen molar-refractivity contribution < 1.29 is 4.79 Å². The highest BCUT2D eigenvalue weighted by Gasteiger charge is 2.33. The number of likely N-dealkylation sites (N-methyl/N-ethyl adjacent to an activating group) is 1. The molecule has 1 N–H and O–H groups in total. The predicted octanol–water partition coefficient (Wildman–Crippen LogP) is 5.01. The molecule has 0 aliphatic heterocycles. The number of fused-ring (bicyclic) bond motifs is 1. The summed E-state index contributed by atoms with van der Waals surface area (Å²) in [7, 11) is 4.14. The molecule has 0 bridgehead atoms. The van der Waals surface area contributed by atoms with Gasteiger partial charge in [0.05, 0.1) is 0 Å². The SMILES string of the molecule is CN(C)CC1=Cc2ccc(NC(=O)C3(Cl)C=CC(c4ccccc4)C=C3)cc2C1. The van der Waals surface area contributed by atoms with Gasteiger partial charge in [-0.15, -0.1) is 0 Å². The van der Waals surface area contributed by atoms with Crippen LogP contribution in [-0.2, 0) is 11.2 Å². The molecule has 4 heteroatoms. The number of halogens is 1. The molecule has 148 valence electrons. The number of benzene rings is 2. The summed E-state index contributed by atoms with van der Waals surface area (Å²) in [5.74, 6) is -0.102. The first-order valence-electron chi connectivity index (χ1n) is 9.84. The molecule has 2 aliphatic rings. The number of rotatable bonds is 5. The highest BCUT2D eigenvalue weighted by Crippen LogP contribution is 2.33. The highest BCUT2D eigenvalue weighted by molar-refractivity contribution is 6.39. The van der Waals surface area contributed by atoms with Gasteiger partial charge in [0.25, 0.3) is 5.91 Å². The Balaban J connectivity index is 1.43. The number of alkyl halides is 1. The fourth-order valence-corrected chi connectivity index (χ4v) is 4.08. The van der Waals surface area contributed by atoms with E-state index in [2.05, 4.69) is 54.7 Å². The van der Waals surface area contributed by atoms with E-state index in [1.807, 2.05) is 36.4 Å². The smallest absolute Gasteiger partial charge is 0.253 e. The van der Waals surface area contributed by atoms with Crippen LogP contribution in [0.3, 0.4) is 0 Å². The molecule has 0 spiro atoms. The van der Waals surface area contributed by atoms with Crippen molar-refractivity contribution in [1.82, 2.24) is 4.90 Å². The van der Waals surface area contributed by atoms with Gasteiger partial charge in [-0.25, -0.2) is 0 Å². The van der Waals surface area contributed by atoms with E-state index in [4.69, 9.17) is 11.6 Å². The number of nitrogens with zero attached hydrogens (tertiary/aromatic N) is 1. The van der Waals surface area contributed by atoms with E-state index >= 15 is 0 Å². The van der Waals surface area contributed by atoms with Crippen LogP contribution in [0.25, 0.3) is 6.08 Å². The summed E-state index contributed by atoms with van der Waals surface area (Å²) in [6, 6.07) is 16.2. The third-order valence-electron chi connectivity index (χ3n) is 5.32. The van der Waals surface area contributed by atoms with Gasteiger partial charge in [-0.1, -0.05) is 84.0 Å². The quantitative estimate of drug-likeness (QED) is 0.561. The summed E-state index contributed by atoms with van der Waals surface area (Å²) in [6.45, 7) is 0.944. The van der Waals surface area contributed by atoms with Crippen LogP contribution >= 0.6 is 11.6 Å². The molecule has 0 atom stereocenters. The Morgan fingerprint density at radius 1 is 1.14 bits per heavy atom. The molecule has 4 rings (SSSR count). The van der Waals surface area contributed by atoms with Crippen molar-refractivity contribution in [2.24, 2.45) is 0 Å². The predicted molar refractivity (Wildman–Crippen MR) is 121 cm³/mol. The lowest BCUT2D eigenvalue weighted by atomic mass is 9.90. The van der Waals surface area contributed by atoms with Gasteiger partial charge in [0.15, 0.2) is 4.87 Å². The van der Waals surface area contributed by atoms with Crippen molar-refractivity contribution >= 4 is 29.3 Å². The molecule has 0 saturated heterocycles. The van der Waals surface area contributed by atoms with Crippen LogP contribution in [0.1, 0.15) is 22.6 Å². The second-order valence-corrected chi connectivity index (χ2v) is 8.63. The molecule has 0 aromatic heterocycles. The Hall–Kier alpha value is -2.62. The van der Waals surface area contributed by atoms with Gasteiger partial charge in [-0.3, -0.25) is 4.79 Å². The molecule has 3 nitrogen and oxygen atoms in total. The van der Waals surface area contributed by atoms with Gasteiger partial charge in [-0.2, -0.15) is 0 Å². The van der Waals surface area contributed by atoms with Crippen molar-refractivity contribution in [1.29, 1.82) is 0 Å². The molecule has 2 aromatic carbocycles. The third-order valence-corrected chi connectivity index (χ3v) is 5.75. The van der Waals surface area contributed by atoms with Crippen LogP contribution in [0.2, 0.25) is 0 Å². The maximum Gasteiger partial charge on any atom is 0.253 e. The molecule has 1 amide bonds. The summed E-state index contributed by atoms with van der Waals surface area (Å²) in [5.41, 5.74) is 5.80. The zero-order valence-corrected chi connectivity index (χ0v) is 17.5. The first kappa shape index (κ1) is 19.7. The van der Waals surface area contributed by atoms with E-state index < -0.39 is 4.87 Å². The largest absolute Gasteiger partial charge is 0.324 e. The Morgan fingerprint density at radius 2 is 1.86 bits per heavy atom. The normalized spacial score (nSPS) is 22.5. The van der Waals surface area contributed by atoms with Crippen molar-refractivity contribution in [3.05, 3.63) is 95.1 Å². The number of hydrogen-bond donors (Lipinski definition) is 1. The maximum absolute atomic E-state index is 12.9. The second-order valence-electron chi connectivity index (χ2n) is 8.01. The highest BCUT2D eigenvalue weighted by atomic mass is 35.5. The van der Waals surface area contributed by atoms with Crippen molar-refractivity contribution in [2.45, 2.75) is 17.2 Å². The van der Waals surface area contributed by atoms with E-state index in [-0.39, 0.29) is 11.8 Å². The molecule has 29 heavy (non-hydrogen) atoms. The van der Waals surface area contributed by atoms with E-state index in [0.29, 0.717) is 0 Å². The van der Waals surface area contributed by atoms with Gasteiger partial charge in [0.1, 0.15) is 0 Å². The fourth-order valence-electron chi connectivity index (χ4n) is 3.88. The minimum absolute atomic E-state index is 0.136. The molecule has 0 saturated carbocycles. The van der Waals surface area contributed by atoms with E-state index in [0.717, 1.165) is 18.7 Å². The summed E-state index contributed by atoms with van der Waals surface area (Å²) >= 11 is 6.62. The van der Waals surface area contributed by atoms with Crippen LogP contribution in [0.4, 0.5) is 5.69 Å². The van der Waals surface area contributed by atoms with Gasteiger partial charge in [0, 0.05) is 18.2 Å². The maximum atomic E-state index is 12.9. The average Bonchev–Trinajstić information content (AvgIpc) is 3.10. The van der Waals surface area contributed by atoms with Crippen LogP contribution in [0.5, 0.6) is 0 Å². The Bertz CT molecular complexity index is 991.